The normalized spacial score (nSPS) is 10.7. The first-order valence-corrected chi connectivity index (χ1v) is 13.8. The summed E-state index contributed by atoms with van der Waals surface area (Å²) in [6, 6.07) is 29.3. The number of nitrogens with one attached hydrogen (secondary N) is 2. The first kappa shape index (κ1) is 29.8. The predicted octanol–water partition coefficient (Wildman–Crippen LogP) is 7.06. The molecule has 0 atom stereocenters. The Morgan fingerprint density at radius 1 is 0.523 bits per heavy atom. The fraction of sp³-hybridized carbons (Fsp3) is 0.121. The summed E-state index contributed by atoms with van der Waals surface area (Å²) in [6.45, 7) is 2.66. The van der Waals surface area contributed by atoms with Crippen LogP contribution in [0.4, 0.5) is 11.4 Å². The molecule has 11 heteroatoms. The zero-order valence-electron chi connectivity index (χ0n) is 23.6. The van der Waals surface area contributed by atoms with Crippen LogP contribution in [0.1, 0.15) is 22.3 Å². The first-order valence-electron chi connectivity index (χ1n) is 13.8. The van der Waals surface area contributed by atoms with Crippen LogP contribution in [0.2, 0.25) is 0 Å². The van der Waals surface area contributed by atoms with Gasteiger partial charge in [-0.25, -0.2) is 0 Å². The van der Waals surface area contributed by atoms with Crippen LogP contribution in [-0.4, -0.2) is 14.8 Å². The van der Waals surface area contributed by atoms with Gasteiger partial charge in [0.05, 0.1) is 9.85 Å². The van der Waals surface area contributed by atoms with Gasteiger partial charge in [-0.05, 0) is 76.9 Å². The highest BCUT2D eigenvalue weighted by atomic mass is 16.6. The molecule has 4 aromatic carbocycles. The fourth-order valence-electron chi connectivity index (χ4n) is 4.37. The topological polar surface area (TPSA) is 142 Å². The van der Waals surface area contributed by atoms with Crippen molar-refractivity contribution in [3.8, 4) is 23.0 Å². The molecule has 0 unspecified atom stereocenters. The van der Waals surface area contributed by atoms with Crippen molar-refractivity contribution >= 4 is 11.4 Å². The van der Waals surface area contributed by atoms with E-state index in [1.807, 2.05) is 60.8 Å². The quantitative estimate of drug-likeness (QED) is 0.102. The van der Waals surface area contributed by atoms with Gasteiger partial charge in [0.25, 0.3) is 11.4 Å². The molecule has 11 nitrogen and oxygen atoms in total. The average Bonchev–Trinajstić information content (AvgIpc) is 3.04. The molecular weight excluding hydrogens is 562 g/mol. The number of benzene rings is 4. The molecule has 0 bridgehead atoms. The van der Waals surface area contributed by atoms with Gasteiger partial charge in [0.1, 0.15) is 23.0 Å². The summed E-state index contributed by atoms with van der Waals surface area (Å²) in [5, 5.41) is 28.6. The second-order valence-corrected chi connectivity index (χ2v) is 9.85. The van der Waals surface area contributed by atoms with Crippen LogP contribution in [0.3, 0.4) is 0 Å². The van der Waals surface area contributed by atoms with Crippen LogP contribution in [0.5, 0.6) is 23.0 Å². The van der Waals surface area contributed by atoms with Crippen LogP contribution < -0.4 is 20.1 Å². The molecule has 0 fully saturated rings. The number of pyridine rings is 1. The van der Waals surface area contributed by atoms with E-state index in [-0.39, 0.29) is 11.4 Å². The third-order valence-electron chi connectivity index (χ3n) is 6.71. The molecule has 222 valence electrons. The van der Waals surface area contributed by atoms with Gasteiger partial charge in [-0.15, -0.1) is 0 Å². The van der Waals surface area contributed by atoms with Gasteiger partial charge in [0.15, 0.2) is 0 Å². The Bertz CT molecular complexity index is 1570. The van der Waals surface area contributed by atoms with Gasteiger partial charge in [-0.1, -0.05) is 24.3 Å². The Hall–Kier alpha value is -5.65. The number of rotatable bonds is 14. The number of nitro groups is 2. The van der Waals surface area contributed by atoms with Crippen LogP contribution in [0.25, 0.3) is 0 Å². The number of hydrogen-bond acceptors (Lipinski definition) is 9. The van der Waals surface area contributed by atoms with Crippen molar-refractivity contribution in [2.45, 2.75) is 26.2 Å². The highest BCUT2D eigenvalue weighted by molar-refractivity contribution is 5.40. The van der Waals surface area contributed by atoms with Crippen LogP contribution in [0.15, 0.2) is 116 Å². The molecule has 0 amide bonds. The SMILES string of the molecule is O=[N+]([O-])c1ccc(Oc2ccc(CNCc3ccncc3CNCc3ccc(Oc4ccc([N+](=O)[O-])cc4)cc3)cc2)cc1. The molecule has 0 aliphatic carbocycles. The van der Waals surface area contributed by atoms with Gasteiger partial charge < -0.3 is 20.1 Å². The van der Waals surface area contributed by atoms with E-state index in [2.05, 4.69) is 15.6 Å². The van der Waals surface area contributed by atoms with Gasteiger partial charge in [-0.3, -0.25) is 25.2 Å². The number of hydrogen-bond donors (Lipinski definition) is 2. The molecule has 0 aliphatic heterocycles. The molecule has 5 aromatic rings. The summed E-state index contributed by atoms with van der Waals surface area (Å²) in [6.07, 6.45) is 3.66. The van der Waals surface area contributed by atoms with Crippen LogP contribution in [0, 0.1) is 20.2 Å². The highest BCUT2D eigenvalue weighted by Gasteiger charge is 2.08. The van der Waals surface area contributed by atoms with Crippen molar-refractivity contribution in [1.29, 1.82) is 0 Å². The Balaban J connectivity index is 1.06. The number of nitro benzene ring substituents is 2. The standard InChI is InChI=1S/C33H29N5O6/c39-37(40)28-5-13-32(14-6-28)43-30-9-1-24(2-10-30)19-35-21-26-17-18-34-22-27(26)23-36-20-25-3-11-31(12-4-25)44-33-15-7-29(8-16-33)38(41)42/h1-18,22,35-36H,19-21,23H2. The summed E-state index contributed by atoms with van der Waals surface area (Å²) in [7, 11) is 0. The fourth-order valence-corrected chi connectivity index (χ4v) is 4.37. The van der Waals surface area contributed by atoms with E-state index in [1.54, 1.807) is 30.5 Å². The van der Waals surface area contributed by atoms with Crippen molar-refractivity contribution in [1.82, 2.24) is 15.6 Å². The van der Waals surface area contributed by atoms with Gasteiger partial charge in [0.2, 0.25) is 0 Å². The third-order valence-corrected chi connectivity index (χ3v) is 6.71. The summed E-state index contributed by atoms with van der Waals surface area (Å²) >= 11 is 0. The van der Waals surface area contributed by atoms with E-state index in [4.69, 9.17) is 9.47 Å². The maximum Gasteiger partial charge on any atom is 0.269 e. The van der Waals surface area contributed by atoms with Crippen LogP contribution >= 0.6 is 0 Å². The maximum absolute atomic E-state index is 10.8. The smallest absolute Gasteiger partial charge is 0.269 e. The molecule has 0 aliphatic rings. The number of non-ortho nitro benzene ring substituents is 2. The van der Waals surface area contributed by atoms with Crippen molar-refractivity contribution in [3.05, 3.63) is 158 Å². The molecule has 0 saturated heterocycles. The average molecular weight is 592 g/mol. The summed E-state index contributed by atoms with van der Waals surface area (Å²) < 4.78 is 11.6. The lowest BCUT2D eigenvalue weighted by molar-refractivity contribution is -0.385. The van der Waals surface area contributed by atoms with E-state index in [1.165, 1.54) is 24.3 Å². The van der Waals surface area contributed by atoms with Gasteiger partial charge >= 0.3 is 0 Å². The predicted molar refractivity (Wildman–Crippen MR) is 165 cm³/mol. The zero-order chi connectivity index (χ0) is 30.7. The second-order valence-electron chi connectivity index (χ2n) is 9.85. The lowest BCUT2D eigenvalue weighted by Crippen LogP contribution is -2.18. The van der Waals surface area contributed by atoms with E-state index in [0.29, 0.717) is 49.2 Å². The summed E-state index contributed by atoms with van der Waals surface area (Å²) in [5.74, 6) is 2.36. The van der Waals surface area contributed by atoms with Gasteiger partial charge in [-0.2, -0.15) is 0 Å². The number of ether oxygens (including phenoxy) is 2. The largest absolute Gasteiger partial charge is 0.457 e. The Labute approximate surface area is 253 Å². The van der Waals surface area contributed by atoms with E-state index < -0.39 is 9.85 Å². The molecule has 1 aromatic heterocycles. The van der Waals surface area contributed by atoms with E-state index in [9.17, 15) is 20.2 Å². The number of nitrogens with zero attached hydrogens (tertiary/aromatic N) is 3. The molecule has 44 heavy (non-hydrogen) atoms. The Morgan fingerprint density at radius 3 is 1.32 bits per heavy atom. The maximum atomic E-state index is 10.8. The summed E-state index contributed by atoms with van der Waals surface area (Å²) in [5.41, 5.74) is 4.47. The zero-order valence-corrected chi connectivity index (χ0v) is 23.6. The van der Waals surface area contributed by atoms with E-state index >= 15 is 0 Å². The second kappa shape index (κ2) is 14.5. The van der Waals surface area contributed by atoms with E-state index in [0.717, 1.165) is 22.3 Å². The van der Waals surface area contributed by atoms with Crippen molar-refractivity contribution in [2.24, 2.45) is 0 Å². The molecule has 5 rings (SSSR count). The molecule has 0 radical (unpaired) electrons. The molecule has 0 spiro atoms. The van der Waals surface area contributed by atoms with Crippen LogP contribution in [-0.2, 0) is 26.2 Å². The van der Waals surface area contributed by atoms with Crippen molar-refractivity contribution < 1.29 is 19.3 Å². The first-order chi connectivity index (χ1) is 21.4. The number of aromatic nitrogens is 1. The molecular formula is C33H29N5O6. The Morgan fingerprint density at radius 2 is 0.909 bits per heavy atom. The minimum Gasteiger partial charge on any atom is -0.457 e. The van der Waals surface area contributed by atoms with Crippen molar-refractivity contribution in [3.63, 3.8) is 0 Å². The lowest BCUT2D eigenvalue weighted by atomic mass is 10.1. The summed E-state index contributed by atoms with van der Waals surface area (Å²) in [4.78, 5) is 25.0. The molecule has 1 heterocycles. The highest BCUT2D eigenvalue weighted by Crippen LogP contribution is 2.25. The lowest BCUT2D eigenvalue weighted by Gasteiger charge is -2.12. The third kappa shape index (κ3) is 8.44. The van der Waals surface area contributed by atoms with Crippen molar-refractivity contribution in [2.75, 3.05) is 0 Å². The minimum atomic E-state index is -0.442. The monoisotopic (exact) mass is 591 g/mol. The van der Waals surface area contributed by atoms with Gasteiger partial charge in [0, 0.05) is 62.8 Å². The molecule has 0 saturated carbocycles. The molecule has 2 N–H and O–H groups in total. The minimum absolute atomic E-state index is 0.0201. The Kier molecular flexibility index (Phi) is 9.83.